The van der Waals surface area contributed by atoms with Crippen molar-refractivity contribution in [3.05, 3.63) is 29.5 Å². The van der Waals surface area contributed by atoms with Crippen LogP contribution in [0.5, 0.6) is 11.5 Å². The Morgan fingerprint density at radius 1 is 1.05 bits per heavy atom. The second-order valence-electron chi connectivity index (χ2n) is 4.28. The average molecular weight is 305 g/mol. The summed E-state index contributed by atoms with van der Waals surface area (Å²) in [6.45, 7) is 3.73. The maximum absolute atomic E-state index is 11.6. The second-order valence-corrected chi connectivity index (χ2v) is 4.28. The standard InChI is InChI=1S/C15H15NO6/c1-3-21-12-8-6-5-7-16-11(8)13(22-4-2)10(15(19)20)9(12)14(17)18/h5-7H,3-4H2,1-2H3,(H,17,18)(H,19,20). The number of carboxylic acids is 2. The van der Waals surface area contributed by atoms with E-state index in [1.165, 1.54) is 6.20 Å². The molecule has 0 saturated heterocycles. The van der Waals surface area contributed by atoms with Crippen LogP contribution in [0.25, 0.3) is 10.9 Å². The minimum atomic E-state index is -1.41. The summed E-state index contributed by atoms with van der Waals surface area (Å²) in [5, 5.41) is 19.3. The molecule has 0 radical (unpaired) electrons. The van der Waals surface area contributed by atoms with E-state index >= 15 is 0 Å². The largest absolute Gasteiger partial charge is 0.492 e. The Kier molecular flexibility index (Phi) is 4.45. The van der Waals surface area contributed by atoms with Gasteiger partial charge >= 0.3 is 11.9 Å². The summed E-state index contributed by atoms with van der Waals surface area (Å²) < 4.78 is 10.8. The molecule has 0 atom stereocenters. The number of aromatic nitrogens is 1. The zero-order valence-electron chi connectivity index (χ0n) is 12.1. The number of hydrogen-bond donors (Lipinski definition) is 2. The van der Waals surface area contributed by atoms with Crippen LogP contribution in [0.1, 0.15) is 34.6 Å². The third-order valence-corrected chi connectivity index (χ3v) is 2.98. The smallest absolute Gasteiger partial charge is 0.340 e. The molecule has 1 aromatic heterocycles. The minimum Gasteiger partial charge on any atom is -0.492 e. The molecule has 7 nitrogen and oxygen atoms in total. The fraction of sp³-hybridized carbons (Fsp3) is 0.267. The molecule has 116 valence electrons. The lowest BCUT2D eigenvalue weighted by molar-refractivity contribution is 0.0644. The quantitative estimate of drug-likeness (QED) is 0.844. The molecule has 7 heteroatoms. The van der Waals surface area contributed by atoms with E-state index in [9.17, 15) is 19.8 Å². The molecular formula is C15H15NO6. The number of aromatic carboxylic acids is 2. The molecule has 0 aliphatic heterocycles. The average Bonchev–Trinajstić information content (AvgIpc) is 2.48. The summed E-state index contributed by atoms with van der Waals surface area (Å²) in [5.41, 5.74) is -0.627. The highest BCUT2D eigenvalue weighted by Crippen LogP contribution is 2.40. The highest BCUT2D eigenvalue weighted by atomic mass is 16.5. The Hall–Kier alpha value is -2.83. The van der Waals surface area contributed by atoms with Gasteiger partial charge in [-0.05, 0) is 26.0 Å². The number of carboxylic acid groups (broad SMARTS) is 2. The van der Waals surface area contributed by atoms with Gasteiger partial charge in [0.15, 0.2) is 5.75 Å². The van der Waals surface area contributed by atoms with Crippen LogP contribution in [0.2, 0.25) is 0 Å². The van der Waals surface area contributed by atoms with Crippen LogP contribution in [0.3, 0.4) is 0 Å². The number of fused-ring (bicyclic) bond motifs is 1. The highest BCUT2D eigenvalue weighted by molar-refractivity contribution is 6.12. The van der Waals surface area contributed by atoms with Gasteiger partial charge in [-0.15, -0.1) is 0 Å². The van der Waals surface area contributed by atoms with E-state index in [-0.39, 0.29) is 30.2 Å². The van der Waals surface area contributed by atoms with Gasteiger partial charge in [-0.3, -0.25) is 4.98 Å². The van der Waals surface area contributed by atoms with Crippen LogP contribution in [-0.4, -0.2) is 40.3 Å². The van der Waals surface area contributed by atoms with Gasteiger partial charge in [0.2, 0.25) is 0 Å². The predicted molar refractivity (Wildman–Crippen MR) is 78.0 cm³/mol. The fourth-order valence-electron chi connectivity index (χ4n) is 2.24. The van der Waals surface area contributed by atoms with Crippen molar-refractivity contribution in [3.8, 4) is 11.5 Å². The zero-order valence-corrected chi connectivity index (χ0v) is 12.1. The lowest BCUT2D eigenvalue weighted by Gasteiger charge is -2.17. The molecule has 0 aliphatic rings. The Bertz CT molecular complexity index is 678. The molecule has 0 fully saturated rings. The van der Waals surface area contributed by atoms with Crippen molar-refractivity contribution in [3.63, 3.8) is 0 Å². The first-order chi connectivity index (χ1) is 10.5. The summed E-state index contributed by atoms with van der Waals surface area (Å²) in [6, 6.07) is 3.24. The fourth-order valence-corrected chi connectivity index (χ4v) is 2.24. The van der Waals surface area contributed by atoms with E-state index < -0.39 is 23.1 Å². The number of benzene rings is 1. The van der Waals surface area contributed by atoms with Crippen LogP contribution in [0.4, 0.5) is 0 Å². The Balaban J connectivity index is 3.02. The van der Waals surface area contributed by atoms with Crippen molar-refractivity contribution in [1.82, 2.24) is 4.98 Å². The number of ether oxygens (including phenoxy) is 2. The number of nitrogens with zero attached hydrogens (tertiary/aromatic N) is 1. The van der Waals surface area contributed by atoms with Gasteiger partial charge in [-0.25, -0.2) is 9.59 Å². The number of rotatable bonds is 6. The van der Waals surface area contributed by atoms with Crippen molar-refractivity contribution >= 4 is 22.8 Å². The van der Waals surface area contributed by atoms with Crippen molar-refractivity contribution in [2.75, 3.05) is 13.2 Å². The van der Waals surface area contributed by atoms with Crippen molar-refractivity contribution in [1.29, 1.82) is 0 Å². The molecule has 22 heavy (non-hydrogen) atoms. The van der Waals surface area contributed by atoms with Gasteiger partial charge in [-0.1, -0.05) is 0 Å². The summed E-state index contributed by atoms with van der Waals surface area (Å²) in [5.74, 6) is -2.88. The van der Waals surface area contributed by atoms with Gasteiger partial charge in [0.25, 0.3) is 0 Å². The van der Waals surface area contributed by atoms with E-state index in [4.69, 9.17) is 9.47 Å². The normalized spacial score (nSPS) is 10.5. The molecule has 0 unspecified atom stereocenters. The lowest BCUT2D eigenvalue weighted by atomic mass is 10.00. The van der Waals surface area contributed by atoms with E-state index in [1.807, 2.05) is 0 Å². The molecule has 0 amide bonds. The molecule has 1 aromatic carbocycles. The van der Waals surface area contributed by atoms with E-state index in [1.54, 1.807) is 26.0 Å². The number of hydrogen-bond acceptors (Lipinski definition) is 5. The van der Waals surface area contributed by atoms with Crippen molar-refractivity contribution in [2.45, 2.75) is 13.8 Å². The maximum atomic E-state index is 11.6. The Morgan fingerprint density at radius 2 is 1.59 bits per heavy atom. The van der Waals surface area contributed by atoms with E-state index in [2.05, 4.69) is 4.98 Å². The highest BCUT2D eigenvalue weighted by Gasteiger charge is 2.30. The van der Waals surface area contributed by atoms with Crippen molar-refractivity contribution < 1.29 is 29.3 Å². The summed E-state index contributed by atoms with van der Waals surface area (Å²) in [7, 11) is 0. The first-order valence-electron chi connectivity index (χ1n) is 6.69. The van der Waals surface area contributed by atoms with E-state index in [0.29, 0.717) is 5.39 Å². The van der Waals surface area contributed by atoms with Gasteiger partial charge in [0, 0.05) is 11.6 Å². The molecule has 0 spiro atoms. The van der Waals surface area contributed by atoms with Gasteiger partial charge in [0.1, 0.15) is 22.4 Å². The van der Waals surface area contributed by atoms with Gasteiger partial charge in [0.05, 0.1) is 13.2 Å². The lowest BCUT2D eigenvalue weighted by Crippen LogP contribution is -2.14. The molecule has 0 aliphatic carbocycles. The molecular weight excluding hydrogens is 290 g/mol. The zero-order chi connectivity index (χ0) is 16.3. The maximum Gasteiger partial charge on any atom is 0.340 e. The Labute approximate surface area is 126 Å². The van der Waals surface area contributed by atoms with Gasteiger partial charge in [-0.2, -0.15) is 0 Å². The summed E-state index contributed by atoms with van der Waals surface area (Å²) in [6.07, 6.45) is 1.48. The van der Waals surface area contributed by atoms with Crippen LogP contribution < -0.4 is 9.47 Å². The molecule has 2 rings (SSSR count). The van der Waals surface area contributed by atoms with Crippen LogP contribution in [0.15, 0.2) is 18.3 Å². The minimum absolute atomic E-state index is 0.0149. The molecule has 2 aromatic rings. The summed E-state index contributed by atoms with van der Waals surface area (Å²) in [4.78, 5) is 27.3. The molecule has 1 heterocycles. The topological polar surface area (TPSA) is 106 Å². The molecule has 0 bridgehead atoms. The van der Waals surface area contributed by atoms with Crippen LogP contribution >= 0.6 is 0 Å². The van der Waals surface area contributed by atoms with E-state index in [0.717, 1.165) is 0 Å². The predicted octanol–water partition coefficient (Wildman–Crippen LogP) is 2.43. The molecule has 0 saturated carbocycles. The molecule has 2 N–H and O–H groups in total. The first-order valence-corrected chi connectivity index (χ1v) is 6.69. The summed E-state index contributed by atoms with van der Waals surface area (Å²) >= 11 is 0. The van der Waals surface area contributed by atoms with Crippen LogP contribution in [0, 0.1) is 0 Å². The Morgan fingerprint density at radius 3 is 2.14 bits per heavy atom. The SMILES string of the molecule is CCOc1c(C(=O)O)c(C(=O)O)c(OCC)c2ncccc12. The third-order valence-electron chi connectivity index (χ3n) is 2.98. The first kappa shape index (κ1) is 15.6. The number of carbonyl (C=O) groups is 2. The number of pyridine rings is 1. The third kappa shape index (κ3) is 2.52. The second kappa shape index (κ2) is 6.30. The van der Waals surface area contributed by atoms with Crippen molar-refractivity contribution in [2.24, 2.45) is 0 Å². The van der Waals surface area contributed by atoms with Crippen LogP contribution in [-0.2, 0) is 0 Å². The van der Waals surface area contributed by atoms with Gasteiger partial charge < -0.3 is 19.7 Å². The monoisotopic (exact) mass is 305 g/mol.